The normalized spacial score (nSPS) is 15.5. The predicted octanol–water partition coefficient (Wildman–Crippen LogP) is 2.89. The Hall–Kier alpha value is -2.30. The van der Waals surface area contributed by atoms with Crippen LogP contribution in [0.4, 0.5) is 0 Å². The van der Waals surface area contributed by atoms with Crippen LogP contribution >= 0.6 is 0 Å². The third-order valence-electron chi connectivity index (χ3n) is 4.54. The van der Waals surface area contributed by atoms with E-state index in [1.807, 2.05) is 7.05 Å². The van der Waals surface area contributed by atoms with Crippen LogP contribution in [-0.2, 0) is 6.54 Å². The molecule has 1 aliphatic carbocycles. The Kier molecular flexibility index (Phi) is 4.65. The maximum atomic E-state index is 12.5. The topological polar surface area (TPSA) is 55.5 Å². The summed E-state index contributed by atoms with van der Waals surface area (Å²) in [6.07, 6.45) is 7.46. The maximum absolute atomic E-state index is 12.5. The summed E-state index contributed by atoms with van der Waals surface area (Å²) in [5, 5.41) is 0. The van der Waals surface area contributed by atoms with E-state index < -0.39 is 0 Å². The lowest BCUT2D eigenvalue weighted by molar-refractivity contribution is 0.0662. The molecule has 2 aromatic heterocycles. The number of furan rings is 1. The molecule has 0 radical (unpaired) electrons. The van der Waals surface area contributed by atoms with Gasteiger partial charge < -0.3 is 13.9 Å². The molecule has 0 spiro atoms. The average Bonchev–Trinajstić information content (AvgIpc) is 3.05. The van der Waals surface area contributed by atoms with Gasteiger partial charge in [-0.2, -0.15) is 0 Å². The Morgan fingerprint density at radius 2 is 2.00 bits per heavy atom. The monoisotopic (exact) mass is 314 g/mol. The Balaban J connectivity index is 1.70. The molecular formula is C18H22N2O3. The van der Waals surface area contributed by atoms with Crippen molar-refractivity contribution in [1.29, 1.82) is 0 Å². The fourth-order valence-corrected chi connectivity index (χ4v) is 3.14. The lowest BCUT2D eigenvalue weighted by Gasteiger charge is -2.30. The smallest absolute Gasteiger partial charge is 0.289 e. The molecule has 1 fully saturated rings. The molecule has 0 aromatic carbocycles. The van der Waals surface area contributed by atoms with Gasteiger partial charge in [-0.1, -0.05) is 25.3 Å². The van der Waals surface area contributed by atoms with E-state index in [4.69, 9.17) is 4.42 Å². The fourth-order valence-electron chi connectivity index (χ4n) is 3.14. The van der Waals surface area contributed by atoms with Crippen molar-refractivity contribution in [3.63, 3.8) is 0 Å². The van der Waals surface area contributed by atoms with E-state index in [1.54, 1.807) is 39.9 Å². The Morgan fingerprint density at radius 1 is 1.22 bits per heavy atom. The molecule has 0 atom stereocenters. The van der Waals surface area contributed by atoms with E-state index in [-0.39, 0.29) is 11.5 Å². The van der Waals surface area contributed by atoms with Gasteiger partial charge in [0.25, 0.3) is 11.5 Å². The first-order valence-electron chi connectivity index (χ1n) is 8.16. The number of carbonyl (C=O) groups excluding carboxylic acids is 1. The molecule has 23 heavy (non-hydrogen) atoms. The van der Waals surface area contributed by atoms with E-state index in [9.17, 15) is 9.59 Å². The van der Waals surface area contributed by atoms with Gasteiger partial charge in [-0.3, -0.25) is 9.59 Å². The van der Waals surface area contributed by atoms with Crippen LogP contribution in [0.3, 0.4) is 0 Å². The molecule has 5 nitrogen and oxygen atoms in total. The number of hydrogen-bond acceptors (Lipinski definition) is 3. The molecule has 1 aliphatic rings. The SMILES string of the molecule is CN(C(=O)c1ccc(Cn2ccccc2=O)o1)C1CCCCC1. The minimum Gasteiger partial charge on any atom is -0.454 e. The Morgan fingerprint density at radius 3 is 2.74 bits per heavy atom. The standard InChI is InChI=1S/C18H22N2O3/c1-19(14-7-3-2-4-8-14)18(22)16-11-10-15(23-16)13-20-12-6-5-9-17(20)21/h5-6,9-12,14H,2-4,7-8,13H2,1H3. The van der Waals surface area contributed by atoms with Crippen molar-refractivity contribution < 1.29 is 9.21 Å². The van der Waals surface area contributed by atoms with Gasteiger partial charge in [-0.15, -0.1) is 0 Å². The number of amides is 1. The number of aromatic nitrogens is 1. The van der Waals surface area contributed by atoms with Crippen LogP contribution in [-0.4, -0.2) is 28.5 Å². The number of hydrogen-bond donors (Lipinski definition) is 0. The highest BCUT2D eigenvalue weighted by molar-refractivity contribution is 5.91. The van der Waals surface area contributed by atoms with Crippen molar-refractivity contribution in [2.75, 3.05) is 7.05 Å². The van der Waals surface area contributed by atoms with Crippen molar-refractivity contribution in [3.8, 4) is 0 Å². The molecule has 0 saturated heterocycles. The summed E-state index contributed by atoms with van der Waals surface area (Å²) in [6, 6.07) is 8.78. The zero-order valence-corrected chi connectivity index (χ0v) is 13.4. The molecule has 2 heterocycles. The van der Waals surface area contributed by atoms with Crippen molar-refractivity contribution in [2.45, 2.75) is 44.7 Å². The highest BCUT2D eigenvalue weighted by Gasteiger charge is 2.24. The van der Waals surface area contributed by atoms with Gasteiger partial charge >= 0.3 is 0 Å². The molecule has 0 N–H and O–H groups in total. The Labute approximate surface area is 135 Å². The van der Waals surface area contributed by atoms with Crippen LogP contribution < -0.4 is 5.56 Å². The van der Waals surface area contributed by atoms with Gasteiger partial charge in [0.05, 0.1) is 6.54 Å². The quantitative estimate of drug-likeness (QED) is 0.872. The second-order valence-corrected chi connectivity index (χ2v) is 6.14. The summed E-state index contributed by atoms with van der Waals surface area (Å²) in [5.74, 6) is 0.874. The molecule has 5 heteroatoms. The maximum Gasteiger partial charge on any atom is 0.289 e. The van der Waals surface area contributed by atoms with Gasteiger partial charge in [-0.25, -0.2) is 0 Å². The highest BCUT2D eigenvalue weighted by Crippen LogP contribution is 2.23. The molecule has 0 unspecified atom stereocenters. The Bertz CT molecular complexity index is 726. The number of carbonyl (C=O) groups is 1. The largest absolute Gasteiger partial charge is 0.454 e. The second-order valence-electron chi connectivity index (χ2n) is 6.14. The number of nitrogens with zero attached hydrogens (tertiary/aromatic N) is 2. The first kappa shape index (κ1) is 15.6. The molecule has 2 aromatic rings. The lowest BCUT2D eigenvalue weighted by atomic mass is 9.94. The van der Waals surface area contributed by atoms with Crippen molar-refractivity contribution >= 4 is 5.91 Å². The third kappa shape index (κ3) is 3.55. The summed E-state index contributed by atoms with van der Waals surface area (Å²) >= 11 is 0. The molecule has 1 saturated carbocycles. The zero-order valence-electron chi connectivity index (χ0n) is 13.4. The van der Waals surface area contributed by atoms with Crippen LogP contribution in [0, 0.1) is 0 Å². The fraction of sp³-hybridized carbons (Fsp3) is 0.444. The lowest BCUT2D eigenvalue weighted by Crippen LogP contribution is -2.38. The minimum atomic E-state index is -0.0869. The molecule has 0 aliphatic heterocycles. The average molecular weight is 314 g/mol. The number of rotatable bonds is 4. The summed E-state index contributed by atoms with van der Waals surface area (Å²) in [7, 11) is 1.85. The van der Waals surface area contributed by atoms with Crippen molar-refractivity contribution in [2.24, 2.45) is 0 Å². The van der Waals surface area contributed by atoms with Gasteiger partial charge in [0.2, 0.25) is 0 Å². The van der Waals surface area contributed by atoms with Crippen molar-refractivity contribution in [3.05, 3.63) is 58.4 Å². The van der Waals surface area contributed by atoms with E-state index in [0.717, 1.165) is 12.8 Å². The summed E-state index contributed by atoms with van der Waals surface area (Å²) < 4.78 is 7.22. The molecule has 3 rings (SSSR count). The first-order valence-corrected chi connectivity index (χ1v) is 8.16. The summed E-state index contributed by atoms with van der Waals surface area (Å²) in [5.41, 5.74) is -0.0869. The van der Waals surface area contributed by atoms with Crippen LogP contribution in [0.15, 0.2) is 45.7 Å². The predicted molar refractivity (Wildman–Crippen MR) is 87.5 cm³/mol. The van der Waals surface area contributed by atoms with Crippen LogP contribution in [0.2, 0.25) is 0 Å². The molecule has 0 bridgehead atoms. The summed E-state index contributed by atoms with van der Waals surface area (Å²) in [6.45, 7) is 0.333. The number of pyridine rings is 1. The first-order chi connectivity index (χ1) is 11.1. The van der Waals surface area contributed by atoms with Gasteiger partial charge in [0.15, 0.2) is 5.76 Å². The van der Waals surface area contributed by atoms with E-state index in [0.29, 0.717) is 24.1 Å². The van der Waals surface area contributed by atoms with Crippen LogP contribution in [0.5, 0.6) is 0 Å². The van der Waals surface area contributed by atoms with Crippen LogP contribution in [0.25, 0.3) is 0 Å². The van der Waals surface area contributed by atoms with Crippen LogP contribution in [0.1, 0.15) is 48.4 Å². The molecular weight excluding hydrogens is 292 g/mol. The van der Waals surface area contributed by atoms with E-state index in [2.05, 4.69) is 0 Å². The van der Waals surface area contributed by atoms with Crippen molar-refractivity contribution in [1.82, 2.24) is 9.47 Å². The molecule has 122 valence electrons. The highest BCUT2D eigenvalue weighted by atomic mass is 16.4. The van der Waals surface area contributed by atoms with Gasteiger partial charge in [-0.05, 0) is 31.0 Å². The summed E-state index contributed by atoms with van der Waals surface area (Å²) in [4.78, 5) is 26.1. The van der Waals surface area contributed by atoms with E-state index in [1.165, 1.54) is 25.3 Å². The minimum absolute atomic E-state index is 0.0800. The van der Waals surface area contributed by atoms with Gasteiger partial charge in [0.1, 0.15) is 5.76 Å². The van der Waals surface area contributed by atoms with E-state index >= 15 is 0 Å². The third-order valence-corrected chi connectivity index (χ3v) is 4.54. The van der Waals surface area contributed by atoms with Gasteiger partial charge in [0, 0.05) is 25.4 Å². The second kappa shape index (κ2) is 6.86. The zero-order chi connectivity index (χ0) is 16.2. The molecule has 1 amide bonds.